The molecule has 0 saturated heterocycles. The van der Waals surface area contributed by atoms with Gasteiger partial charge in [0.25, 0.3) is 0 Å². The van der Waals surface area contributed by atoms with Crippen molar-refractivity contribution in [3.05, 3.63) is 224 Å². The summed E-state index contributed by atoms with van der Waals surface area (Å²) in [4.78, 5) is 16.1. The number of para-hydroxylation sites is 3. The van der Waals surface area contributed by atoms with Crippen molar-refractivity contribution in [3.8, 4) is 67.8 Å². The van der Waals surface area contributed by atoms with Crippen LogP contribution in [0.1, 0.15) is 0 Å². The molecule has 12 aromatic rings. The number of fused-ring (bicyclic) bond motifs is 6. The van der Waals surface area contributed by atoms with Crippen LogP contribution in [-0.4, -0.2) is 24.1 Å². The number of hydrogen-bond acceptors (Lipinski definition) is 3. The Kier molecular flexibility index (Phi) is 8.42. The fourth-order valence-corrected chi connectivity index (χ4v) is 9.34. The Morgan fingerprint density at radius 3 is 1.15 bits per heavy atom. The minimum atomic E-state index is 0.542. The molecular weight excluding hydrogens is 755 g/mol. The molecular formula is C57H37N5. The van der Waals surface area contributed by atoms with Crippen LogP contribution in [0.15, 0.2) is 224 Å². The molecule has 0 spiro atoms. The van der Waals surface area contributed by atoms with E-state index < -0.39 is 0 Å². The van der Waals surface area contributed by atoms with E-state index in [-0.39, 0.29) is 0 Å². The minimum Gasteiger partial charge on any atom is -0.278 e. The molecule has 0 atom stereocenters. The van der Waals surface area contributed by atoms with E-state index in [1.54, 1.807) is 0 Å². The monoisotopic (exact) mass is 791 g/mol. The summed E-state index contributed by atoms with van der Waals surface area (Å²) < 4.78 is 4.42. The third-order valence-corrected chi connectivity index (χ3v) is 12.0. The van der Waals surface area contributed by atoms with Gasteiger partial charge < -0.3 is 0 Å². The van der Waals surface area contributed by atoms with E-state index in [4.69, 9.17) is 15.0 Å². The molecule has 0 amide bonds. The van der Waals surface area contributed by atoms with Gasteiger partial charge in [0.2, 0.25) is 11.9 Å². The van der Waals surface area contributed by atoms with E-state index in [1.807, 2.05) is 18.2 Å². The summed E-state index contributed by atoms with van der Waals surface area (Å²) in [5.74, 6) is 1.69. The van der Waals surface area contributed by atoms with Gasteiger partial charge in [0.05, 0.1) is 22.1 Å². The summed E-state index contributed by atoms with van der Waals surface area (Å²) in [6, 6.07) is 79.4. The van der Waals surface area contributed by atoms with Crippen molar-refractivity contribution >= 4 is 43.6 Å². The SMILES string of the molecule is c1ccc(-c2nc(-n3c4ccccc4c4ccccc43)nc(-n3c4ccccc4c4c(-c5c(-c6ccccc6)cccc5-c5ccccc5)c(-c5ccccc5)ccc43)n2)cc1. The lowest BCUT2D eigenvalue weighted by Gasteiger charge is -2.21. The van der Waals surface area contributed by atoms with Gasteiger partial charge in [0.1, 0.15) is 0 Å². The highest BCUT2D eigenvalue weighted by Gasteiger charge is 2.26. The fraction of sp³-hybridized carbons (Fsp3) is 0. The molecule has 0 aliphatic rings. The second-order valence-electron chi connectivity index (χ2n) is 15.6. The number of nitrogens with zero attached hydrogens (tertiary/aromatic N) is 5. The number of rotatable bonds is 7. The van der Waals surface area contributed by atoms with Gasteiger partial charge in [-0.05, 0) is 63.2 Å². The Balaban J connectivity index is 1.23. The summed E-state index contributed by atoms with van der Waals surface area (Å²) in [7, 11) is 0. The average molecular weight is 792 g/mol. The molecule has 5 heteroatoms. The Labute approximate surface area is 358 Å². The van der Waals surface area contributed by atoms with Gasteiger partial charge >= 0.3 is 0 Å². The van der Waals surface area contributed by atoms with Gasteiger partial charge in [0.15, 0.2) is 5.82 Å². The molecule has 0 bridgehead atoms. The quantitative estimate of drug-likeness (QED) is 0.162. The molecule has 0 N–H and O–H groups in total. The molecule has 290 valence electrons. The molecule has 9 aromatic carbocycles. The van der Waals surface area contributed by atoms with E-state index in [0.29, 0.717) is 17.7 Å². The van der Waals surface area contributed by atoms with Crippen LogP contribution >= 0.6 is 0 Å². The normalized spacial score (nSPS) is 11.5. The maximum absolute atomic E-state index is 5.46. The molecule has 0 radical (unpaired) electrons. The highest BCUT2D eigenvalue weighted by Crippen LogP contribution is 2.50. The van der Waals surface area contributed by atoms with E-state index in [2.05, 4.69) is 215 Å². The number of hydrogen-bond donors (Lipinski definition) is 0. The van der Waals surface area contributed by atoms with Crippen LogP contribution in [0.3, 0.4) is 0 Å². The highest BCUT2D eigenvalue weighted by molar-refractivity contribution is 6.21. The van der Waals surface area contributed by atoms with Crippen molar-refractivity contribution < 1.29 is 0 Å². The van der Waals surface area contributed by atoms with E-state index >= 15 is 0 Å². The van der Waals surface area contributed by atoms with Crippen molar-refractivity contribution in [2.45, 2.75) is 0 Å². The standard InChI is InChI=1S/C57H37N5/c1-5-20-38(21-6-1)42-31-19-32-43(39-22-7-2-8-23-39)52(42)54-44(40-24-9-3-10-25-40)36-37-51-53(54)47-30-15-18-35-50(47)62(51)57-59-55(41-26-11-4-12-27-41)58-56(60-57)61-48-33-16-13-28-45(48)46-29-14-17-34-49(46)61/h1-37H. The zero-order valence-electron chi connectivity index (χ0n) is 33.6. The first-order chi connectivity index (χ1) is 30.8. The van der Waals surface area contributed by atoms with Crippen LogP contribution in [0.5, 0.6) is 0 Å². The topological polar surface area (TPSA) is 48.5 Å². The minimum absolute atomic E-state index is 0.542. The molecule has 3 heterocycles. The predicted molar refractivity (Wildman–Crippen MR) is 256 cm³/mol. The largest absolute Gasteiger partial charge is 0.278 e. The molecule has 0 aliphatic heterocycles. The predicted octanol–water partition coefficient (Wildman–Crippen LogP) is 14.4. The number of benzene rings is 9. The maximum atomic E-state index is 5.46. The molecule has 0 fully saturated rings. The van der Waals surface area contributed by atoms with E-state index in [9.17, 15) is 0 Å². The van der Waals surface area contributed by atoms with Crippen LogP contribution in [-0.2, 0) is 0 Å². The Morgan fingerprint density at radius 2 is 0.645 bits per heavy atom. The van der Waals surface area contributed by atoms with Gasteiger partial charge in [-0.15, -0.1) is 0 Å². The van der Waals surface area contributed by atoms with Gasteiger partial charge in [-0.25, -0.2) is 0 Å². The molecule has 0 unspecified atom stereocenters. The first-order valence-electron chi connectivity index (χ1n) is 21.0. The summed E-state index contributed by atoms with van der Waals surface area (Å²) in [6.07, 6.45) is 0. The average Bonchev–Trinajstić information content (AvgIpc) is 3.88. The van der Waals surface area contributed by atoms with Gasteiger partial charge in [-0.2, -0.15) is 15.0 Å². The summed E-state index contributed by atoms with van der Waals surface area (Å²) in [5, 5.41) is 4.53. The fourth-order valence-electron chi connectivity index (χ4n) is 9.34. The van der Waals surface area contributed by atoms with Crippen molar-refractivity contribution in [2.24, 2.45) is 0 Å². The maximum Gasteiger partial charge on any atom is 0.240 e. The van der Waals surface area contributed by atoms with Gasteiger partial charge in [0, 0.05) is 32.7 Å². The van der Waals surface area contributed by atoms with Crippen LogP contribution in [0, 0.1) is 0 Å². The Hall–Kier alpha value is -8.41. The first kappa shape index (κ1) is 35.5. The second-order valence-corrected chi connectivity index (χ2v) is 15.6. The summed E-state index contributed by atoms with van der Waals surface area (Å²) >= 11 is 0. The first-order valence-corrected chi connectivity index (χ1v) is 21.0. The van der Waals surface area contributed by atoms with Crippen LogP contribution < -0.4 is 0 Å². The van der Waals surface area contributed by atoms with E-state index in [0.717, 1.165) is 88.1 Å². The Bertz CT molecular complexity index is 3500. The van der Waals surface area contributed by atoms with Crippen LogP contribution in [0.4, 0.5) is 0 Å². The third-order valence-electron chi connectivity index (χ3n) is 12.0. The third kappa shape index (κ3) is 5.75. The lowest BCUT2D eigenvalue weighted by Crippen LogP contribution is -2.10. The summed E-state index contributed by atoms with van der Waals surface area (Å²) in [6.45, 7) is 0. The molecule has 0 aliphatic carbocycles. The Morgan fingerprint density at radius 1 is 0.258 bits per heavy atom. The van der Waals surface area contributed by atoms with E-state index in [1.165, 1.54) is 5.56 Å². The molecule has 62 heavy (non-hydrogen) atoms. The highest BCUT2D eigenvalue weighted by atomic mass is 15.3. The summed E-state index contributed by atoms with van der Waals surface area (Å²) in [5.41, 5.74) is 14.2. The van der Waals surface area contributed by atoms with Crippen LogP contribution in [0.25, 0.3) is 111 Å². The number of aromatic nitrogens is 5. The molecule has 12 rings (SSSR count). The van der Waals surface area contributed by atoms with Crippen molar-refractivity contribution in [2.75, 3.05) is 0 Å². The lowest BCUT2D eigenvalue weighted by atomic mass is 9.82. The molecule has 5 nitrogen and oxygen atoms in total. The zero-order valence-corrected chi connectivity index (χ0v) is 33.6. The lowest BCUT2D eigenvalue weighted by molar-refractivity contribution is 0.893. The van der Waals surface area contributed by atoms with Gasteiger partial charge in [-0.1, -0.05) is 200 Å². The molecule has 0 saturated carbocycles. The van der Waals surface area contributed by atoms with Gasteiger partial charge in [-0.3, -0.25) is 9.13 Å². The molecule has 3 aromatic heterocycles. The van der Waals surface area contributed by atoms with Crippen molar-refractivity contribution in [1.29, 1.82) is 0 Å². The van der Waals surface area contributed by atoms with Crippen molar-refractivity contribution in [3.63, 3.8) is 0 Å². The second kappa shape index (κ2) is 14.7. The van der Waals surface area contributed by atoms with Crippen molar-refractivity contribution in [1.82, 2.24) is 24.1 Å². The van der Waals surface area contributed by atoms with Crippen LogP contribution in [0.2, 0.25) is 0 Å². The smallest absolute Gasteiger partial charge is 0.240 e. The zero-order chi connectivity index (χ0) is 41.0.